The first-order valence-corrected chi connectivity index (χ1v) is 6.58. The summed E-state index contributed by atoms with van der Waals surface area (Å²) in [5, 5.41) is 9.23. The van der Waals surface area contributed by atoms with E-state index in [1.54, 1.807) is 6.92 Å². The molecule has 1 saturated heterocycles. The molecule has 2 heterocycles. The maximum absolute atomic E-state index is 11.8. The van der Waals surface area contributed by atoms with Crippen LogP contribution >= 0.6 is 0 Å². The number of nitrogens with one attached hydrogen (secondary N) is 1. The third kappa shape index (κ3) is 2.83. The van der Waals surface area contributed by atoms with E-state index in [4.69, 9.17) is 4.74 Å². The van der Waals surface area contributed by atoms with E-state index >= 15 is 0 Å². The molecule has 0 radical (unpaired) electrons. The van der Waals surface area contributed by atoms with Crippen molar-refractivity contribution in [3.63, 3.8) is 0 Å². The summed E-state index contributed by atoms with van der Waals surface area (Å²) in [6, 6.07) is -0.268. The molecule has 0 saturated carbocycles. The van der Waals surface area contributed by atoms with Gasteiger partial charge >= 0.3 is 116 Å². The maximum atomic E-state index is 11.8. The van der Waals surface area contributed by atoms with Crippen molar-refractivity contribution in [3.05, 3.63) is 32.6 Å². The van der Waals surface area contributed by atoms with Gasteiger partial charge in [-0.2, -0.15) is 0 Å². The summed E-state index contributed by atoms with van der Waals surface area (Å²) in [5.41, 5.74) is -0.524. The van der Waals surface area contributed by atoms with Crippen molar-refractivity contribution in [2.45, 2.75) is 31.7 Å². The van der Waals surface area contributed by atoms with E-state index in [2.05, 4.69) is 30.3 Å². The Kier molecular flexibility index (Phi) is 4.29. The van der Waals surface area contributed by atoms with Crippen LogP contribution in [0.15, 0.2) is 20.8 Å². The van der Waals surface area contributed by atoms with Crippen LogP contribution in [0.3, 0.4) is 0 Å². The normalized spacial score (nSPS) is 26.1. The average Bonchev–Trinajstić information content (AvgIpc) is 2.77. The number of aromatic amines is 1. The van der Waals surface area contributed by atoms with E-state index in [1.807, 2.05) is 0 Å². The molecule has 7 nitrogen and oxygen atoms in total. The Morgan fingerprint density at radius 1 is 1.68 bits per heavy atom. The summed E-state index contributed by atoms with van der Waals surface area (Å²) in [4.78, 5) is 29.3. The van der Waals surface area contributed by atoms with Crippen molar-refractivity contribution < 1.29 is 9.84 Å². The van der Waals surface area contributed by atoms with E-state index in [1.165, 1.54) is 10.8 Å². The molecular formula is C11H13N3O4Se. The van der Waals surface area contributed by atoms with Crippen molar-refractivity contribution in [1.82, 2.24) is 9.55 Å². The van der Waals surface area contributed by atoms with E-state index in [0.29, 0.717) is 12.0 Å². The zero-order valence-electron chi connectivity index (χ0n) is 10.2. The first kappa shape index (κ1) is 14.1. The molecule has 0 amide bonds. The number of aromatic nitrogens is 2. The Hall–Kier alpha value is -1.30. The van der Waals surface area contributed by atoms with Crippen LogP contribution < -0.4 is 11.2 Å². The van der Waals surface area contributed by atoms with Gasteiger partial charge in [0.15, 0.2) is 0 Å². The molecule has 8 heteroatoms. The molecule has 0 aliphatic carbocycles. The Labute approximate surface area is 116 Å². The summed E-state index contributed by atoms with van der Waals surface area (Å²) in [7, 11) is 0. The summed E-state index contributed by atoms with van der Waals surface area (Å²) < 4.78 is 9.44. The number of aliphatic hydroxyl groups excluding tert-OH is 1. The first-order valence-electron chi connectivity index (χ1n) is 5.72. The molecule has 1 fully saturated rings. The van der Waals surface area contributed by atoms with Crippen molar-refractivity contribution in [1.29, 1.82) is 0 Å². The molecule has 0 bridgehead atoms. The summed E-state index contributed by atoms with van der Waals surface area (Å²) in [6.45, 7) is 1.42. The fourth-order valence-electron chi connectivity index (χ4n) is 2.05. The van der Waals surface area contributed by atoms with Gasteiger partial charge in [-0.3, -0.25) is 0 Å². The van der Waals surface area contributed by atoms with Gasteiger partial charge in [-0.1, -0.05) is 0 Å². The summed E-state index contributed by atoms with van der Waals surface area (Å²) in [5.74, 6) is 0. The van der Waals surface area contributed by atoms with Crippen LogP contribution in [0.1, 0.15) is 18.2 Å². The van der Waals surface area contributed by atoms with E-state index < -0.39 is 23.6 Å². The Morgan fingerprint density at radius 2 is 2.42 bits per heavy atom. The number of hydrogen-bond acceptors (Lipinski definition) is 5. The average molecular weight is 330 g/mol. The minimum absolute atomic E-state index is 0.191. The van der Waals surface area contributed by atoms with Gasteiger partial charge in [-0.15, -0.1) is 0 Å². The van der Waals surface area contributed by atoms with Gasteiger partial charge < -0.3 is 0 Å². The van der Waals surface area contributed by atoms with Gasteiger partial charge in [0, 0.05) is 0 Å². The van der Waals surface area contributed by atoms with Gasteiger partial charge in [0.25, 0.3) is 0 Å². The standard InChI is InChI=1S/C11H13N3O4Se/c1-6-3-14(11(17)13-10(6)16)9-2-7(12-5-19)8(4-15)18-9/h3,7-9,15H,2,4H2,1H3,(H,13,16,17)/t7?,8-,9-/m1/s1. The molecule has 0 spiro atoms. The molecule has 2 rings (SSSR count). The van der Waals surface area contributed by atoms with E-state index in [0.717, 1.165) is 0 Å². The Balaban J connectivity index is 2.34. The molecular weight excluding hydrogens is 317 g/mol. The molecule has 1 aromatic heterocycles. The van der Waals surface area contributed by atoms with Crippen LogP contribution in [0.5, 0.6) is 0 Å². The monoisotopic (exact) mass is 331 g/mol. The number of rotatable bonds is 3. The third-order valence-corrected chi connectivity index (χ3v) is 3.28. The predicted octanol–water partition coefficient (Wildman–Crippen LogP) is -1.43. The number of ether oxygens (including phenoxy) is 1. The van der Waals surface area contributed by atoms with Gasteiger partial charge in [-0.25, -0.2) is 0 Å². The second-order valence-corrected chi connectivity index (χ2v) is 4.70. The molecule has 1 aromatic rings. The van der Waals surface area contributed by atoms with Gasteiger partial charge in [0.1, 0.15) is 0 Å². The van der Waals surface area contributed by atoms with Crippen molar-refractivity contribution in [2.24, 2.45) is 4.99 Å². The molecule has 3 atom stereocenters. The van der Waals surface area contributed by atoms with Crippen LogP contribution in [0.25, 0.3) is 0 Å². The predicted molar refractivity (Wildman–Crippen MR) is 68.6 cm³/mol. The van der Waals surface area contributed by atoms with Crippen molar-refractivity contribution in [2.75, 3.05) is 6.61 Å². The quantitative estimate of drug-likeness (QED) is 0.524. The molecule has 1 aliphatic rings. The minimum atomic E-state index is -0.553. The van der Waals surface area contributed by atoms with Crippen LogP contribution in [-0.2, 0) is 4.74 Å². The SMILES string of the molecule is Cc1cn([C@H]2CC(N=C=[Se])[C@@H](CO)O2)c(=O)[nH]c1=O. The zero-order chi connectivity index (χ0) is 14.0. The fraction of sp³-hybridized carbons (Fsp3) is 0.545. The molecule has 1 unspecified atom stereocenters. The molecule has 2 N–H and O–H groups in total. The molecule has 102 valence electrons. The van der Waals surface area contributed by atoms with E-state index in [-0.39, 0.29) is 12.6 Å². The first-order chi connectivity index (χ1) is 9.06. The number of aliphatic hydroxyl groups is 1. The van der Waals surface area contributed by atoms with Crippen LogP contribution in [0.2, 0.25) is 0 Å². The Bertz CT molecular complexity index is 632. The summed E-state index contributed by atoms with van der Waals surface area (Å²) >= 11 is 2.53. The van der Waals surface area contributed by atoms with Crippen LogP contribution in [0, 0.1) is 6.92 Å². The number of aryl methyl sites for hydroxylation is 1. The second kappa shape index (κ2) is 5.77. The number of aliphatic imine (C=N–C) groups is 1. The van der Waals surface area contributed by atoms with Gasteiger partial charge in [-0.05, 0) is 0 Å². The van der Waals surface area contributed by atoms with E-state index in [9.17, 15) is 14.7 Å². The zero-order valence-corrected chi connectivity index (χ0v) is 11.9. The Morgan fingerprint density at radius 3 is 3.05 bits per heavy atom. The third-order valence-electron chi connectivity index (χ3n) is 3.06. The van der Waals surface area contributed by atoms with Crippen LogP contribution in [-0.4, -0.2) is 53.7 Å². The topological polar surface area (TPSA) is 96.7 Å². The van der Waals surface area contributed by atoms with Crippen molar-refractivity contribution in [3.8, 4) is 0 Å². The van der Waals surface area contributed by atoms with Crippen molar-refractivity contribution >= 4 is 20.3 Å². The number of nitrogens with zero attached hydrogens (tertiary/aromatic N) is 2. The summed E-state index contributed by atoms with van der Waals surface area (Å²) in [6.07, 6.45) is 0.853. The van der Waals surface area contributed by atoms with Gasteiger partial charge in [0.05, 0.1) is 0 Å². The fourth-order valence-corrected chi connectivity index (χ4v) is 2.34. The molecule has 1 aliphatic heterocycles. The molecule has 19 heavy (non-hydrogen) atoms. The van der Waals surface area contributed by atoms with Crippen LogP contribution in [0.4, 0.5) is 0 Å². The number of H-pyrrole nitrogens is 1. The second-order valence-electron chi connectivity index (χ2n) is 4.31. The van der Waals surface area contributed by atoms with Gasteiger partial charge in [0.2, 0.25) is 0 Å². The number of hydrogen-bond donors (Lipinski definition) is 2. The molecule has 0 aromatic carbocycles.